The van der Waals surface area contributed by atoms with E-state index < -0.39 is 17.6 Å². The van der Waals surface area contributed by atoms with Crippen LogP contribution >= 0.6 is 0 Å². The number of aromatic nitrogens is 1. The van der Waals surface area contributed by atoms with Gasteiger partial charge in [-0.05, 0) is 18.2 Å². The summed E-state index contributed by atoms with van der Waals surface area (Å²) in [5.41, 5.74) is 0.575. The average Bonchev–Trinajstić information content (AvgIpc) is 2.99. The highest BCUT2D eigenvalue weighted by Gasteiger charge is 2.36. The molecule has 0 spiro atoms. The van der Waals surface area contributed by atoms with Crippen LogP contribution in [0.4, 0.5) is 4.39 Å². The highest BCUT2D eigenvalue weighted by Crippen LogP contribution is 2.27. The number of amides is 2. The summed E-state index contributed by atoms with van der Waals surface area (Å²) < 4.78 is 18.5. The fourth-order valence-electron chi connectivity index (χ4n) is 2.31. The standard InChI is InChI=1S/C16H15FN2O3/c1-16(2,3)13-7-10(18-22-13)8-19-14(20)11-5-4-9(17)6-12(11)15(19)21/h4-7H,8H2,1-3H3. The van der Waals surface area contributed by atoms with E-state index in [0.717, 1.165) is 11.0 Å². The van der Waals surface area contributed by atoms with Gasteiger partial charge >= 0.3 is 0 Å². The average molecular weight is 302 g/mol. The second kappa shape index (κ2) is 4.76. The lowest BCUT2D eigenvalue weighted by molar-refractivity contribution is 0.0639. The number of nitrogens with zero attached hydrogens (tertiary/aromatic N) is 2. The van der Waals surface area contributed by atoms with Crippen molar-refractivity contribution in [1.29, 1.82) is 0 Å². The molecule has 2 aromatic rings. The van der Waals surface area contributed by atoms with Crippen molar-refractivity contribution in [3.05, 3.63) is 52.7 Å². The number of imide groups is 1. The van der Waals surface area contributed by atoms with Crippen LogP contribution in [0, 0.1) is 5.82 Å². The van der Waals surface area contributed by atoms with E-state index in [2.05, 4.69) is 5.16 Å². The molecule has 1 aromatic carbocycles. The van der Waals surface area contributed by atoms with Crippen LogP contribution in [0.1, 0.15) is 52.9 Å². The summed E-state index contributed by atoms with van der Waals surface area (Å²) in [6, 6.07) is 5.30. The maximum Gasteiger partial charge on any atom is 0.262 e. The molecule has 0 saturated heterocycles. The van der Waals surface area contributed by atoms with Crippen LogP contribution in [-0.4, -0.2) is 21.9 Å². The van der Waals surface area contributed by atoms with Crippen molar-refractivity contribution in [3.8, 4) is 0 Å². The second-order valence-corrected chi connectivity index (χ2v) is 6.32. The molecule has 114 valence electrons. The van der Waals surface area contributed by atoms with Gasteiger partial charge in [-0.15, -0.1) is 0 Å². The molecule has 2 amide bonds. The molecule has 0 fully saturated rings. The second-order valence-electron chi connectivity index (χ2n) is 6.32. The van der Waals surface area contributed by atoms with Gasteiger partial charge in [-0.3, -0.25) is 14.5 Å². The van der Waals surface area contributed by atoms with Crippen molar-refractivity contribution in [1.82, 2.24) is 10.1 Å². The van der Waals surface area contributed by atoms with Gasteiger partial charge in [0.2, 0.25) is 0 Å². The van der Waals surface area contributed by atoms with Crippen LogP contribution in [0.15, 0.2) is 28.8 Å². The predicted octanol–water partition coefficient (Wildman–Crippen LogP) is 2.91. The van der Waals surface area contributed by atoms with Gasteiger partial charge in [-0.25, -0.2) is 4.39 Å². The monoisotopic (exact) mass is 302 g/mol. The predicted molar refractivity (Wildman–Crippen MR) is 75.8 cm³/mol. The molecule has 0 N–H and O–H groups in total. The fourth-order valence-corrected chi connectivity index (χ4v) is 2.31. The molecular formula is C16H15FN2O3. The number of carbonyl (C=O) groups is 2. The summed E-state index contributed by atoms with van der Waals surface area (Å²) in [4.78, 5) is 25.5. The Labute approximate surface area is 126 Å². The van der Waals surface area contributed by atoms with Crippen molar-refractivity contribution in [2.24, 2.45) is 0 Å². The lowest BCUT2D eigenvalue weighted by atomic mass is 9.93. The van der Waals surface area contributed by atoms with Gasteiger partial charge in [0.15, 0.2) is 0 Å². The maximum atomic E-state index is 13.2. The number of halogens is 1. The molecule has 3 rings (SSSR count). The number of rotatable bonds is 2. The van der Waals surface area contributed by atoms with E-state index in [1.165, 1.54) is 12.1 Å². The van der Waals surface area contributed by atoms with E-state index in [0.29, 0.717) is 11.5 Å². The fraction of sp³-hybridized carbons (Fsp3) is 0.312. The summed E-state index contributed by atoms with van der Waals surface area (Å²) in [5.74, 6) is -0.830. The summed E-state index contributed by atoms with van der Waals surface area (Å²) in [5, 5.41) is 3.90. The van der Waals surface area contributed by atoms with Gasteiger partial charge in [-0.2, -0.15) is 0 Å². The Kier molecular flexibility index (Phi) is 3.12. The molecule has 5 nitrogen and oxygen atoms in total. The molecule has 22 heavy (non-hydrogen) atoms. The number of benzene rings is 1. The minimum Gasteiger partial charge on any atom is -0.361 e. The molecule has 2 heterocycles. The smallest absolute Gasteiger partial charge is 0.262 e. The van der Waals surface area contributed by atoms with Crippen LogP contribution in [0.5, 0.6) is 0 Å². The zero-order chi connectivity index (χ0) is 16.1. The Morgan fingerprint density at radius 3 is 2.45 bits per heavy atom. The first-order valence-corrected chi connectivity index (χ1v) is 6.89. The van der Waals surface area contributed by atoms with Gasteiger partial charge < -0.3 is 4.52 Å². The SMILES string of the molecule is CC(C)(C)c1cc(CN2C(=O)c3ccc(F)cc3C2=O)no1. The van der Waals surface area contributed by atoms with Gasteiger partial charge in [0, 0.05) is 11.5 Å². The Balaban J connectivity index is 1.87. The van der Waals surface area contributed by atoms with Crippen LogP contribution < -0.4 is 0 Å². The number of hydrogen-bond acceptors (Lipinski definition) is 4. The maximum absolute atomic E-state index is 13.2. The molecular weight excluding hydrogens is 287 g/mol. The van der Waals surface area contributed by atoms with Gasteiger partial charge in [0.05, 0.1) is 17.7 Å². The molecule has 0 aliphatic carbocycles. The first kappa shape index (κ1) is 14.4. The van der Waals surface area contributed by atoms with Crippen LogP contribution in [0.25, 0.3) is 0 Å². The first-order chi connectivity index (χ1) is 10.3. The largest absolute Gasteiger partial charge is 0.361 e. The summed E-state index contributed by atoms with van der Waals surface area (Å²) in [7, 11) is 0. The molecule has 6 heteroatoms. The van der Waals surface area contributed by atoms with Gasteiger partial charge in [0.1, 0.15) is 17.3 Å². The molecule has 0 radical (unpaired) electrons. The van der Waals surface area contributed by atoms with E-state index in [1.807, 2.05) is 20.8 Å². The van der Waals surface area contributed by atoms with Crippen LogP contribution in [0.2, 0.25) is 0 Å². The molecule has 1 aliphatic rings. The lowest BCUT2D eigenvalue weighted by Gasteiger charge is -2.12. The van der Waals surface area contributed by atoms with Crippen molar-refractivity contribution in [2.45, 2.75) is 32.7 Å². The van der Waals surface area contributed by atoms with Crippen molar-refractivity contribution in [2.75, 3.05) is 0 Å². The Morgan fingerprint density at radius 1 is 1.14 bits per heavy atom. The molecule has 1 aliphatic heterocycles. The van der Waals surface area contributed by atoms with E-state index in [9.17, 15) is 14.0 Å². The third-order valence-electron chi connectivity index (χ3n) is 3.55. The van der Waals surface area contributed by atoms with E-state index in [4.69, 9.17) is 4.52 Å². The summed E-state index contributed by atoms with van der Waals surface area (Å²) >= 11 is 0. The first-order valence-electron chi connectivity index (χ1n) is 6.89. The lowest BCUT2D eigenvalue weighted by Crippen LogP contribution is -2.29. The zero-order valence-electron chi connectivity index (χ0n) is 12.5. The molecule has 0 unspecified atom stereocenters. The van der Waals surface area contributed by atoms with Crippen LogP contribution in [0.3, 0.4) is 0 Å². The van der Waals surface area contributed by atoms with Gasteiger partial charge in [0.25, 0.3) is 11.8 Å². The van der Waals surface area contributed by atoms with Crippen molar-refractivity contribution >= 4 is 11.8 Å². The minimum atomic E-state index is -0.543. The van der Waals surface area contributed by atoms with Gasteiger partial charge in [-0.1, -0.05) is 25.9 Å². The summed E-state index contributed by atoms with van der Waals surface area (Å²) in [6.07, 6.45) is 0. The molecule has 1 aromatic heterocycles. The Bertz CT molecular complexity index is 774. The molecule has 0 atom stereocenters. The Hall–Kier alpha value is -2.50. The number of carbonyl (C=O) groups excluding carboxylic acids is 2. The molecule has 0 saturated carbocycles. The topological polar surface area (TPSA) is 63.4 Å². The van der Waals surface area contributed by atoms with Crippen molar-refractivity contribution in [3.63, 3.8) is 0 Å². The molecule has 0 bridgehead atoms. The summed E-state index contributed by atoms with van der Waals surface area (Å²) in [6.45, 7) is 5.93. The van der Waals surface area contributed by atoms with E-state index in [1.54, 1.807) is 6.07 Å². The zero-order valence-corrected chi connectivity index (χ0v) is 12.5. The minimum absolute atomic E-state index is 0.00749. The van der Waals surface area contributed by atoms with E-state index in [-0.39, 0.29) is 23.1 Å². The normalized spacial score (nSPS) is 14.6. The third kappa shape index (κ3) is 2.30. The number of hydrogen-bond donors (Lipinski definition) is 0. The van der Waals surface area contributed by atoms with E-state index >= 15 is 0 Å². The highest BCUT2D eigenvalue weighted by molar-refractivity contribution is 6.21. The Morgan fingerprint density at radius 2 is 1.82 bits per heavy atom. The highest BCUT2D eigenvalue weighted by atomic mass is 19.1. The quantitative estimate of drug-likeness (QED) is 0.800. The third-order valence-corrected chi connectivity index (χ3v) is 3.55. The van der Waals surface area contributed by atoms with Crippen LogP contribution in [-0.2, 0) is 12.0 Å². The number of fused-ring (bicyclic) bond motifs is 1. The van der Waals surface area contributed by atoms with Crippen molar-refractivity contribution < 1.29 is 18.5 Å².